The molecule has 0 unspecified atom stereocenters. The lowest BCUT2D eigenvalue weighted by Gasteiger charge is -2.28. The van der Waals surface area contributed by atoms with E-state index in [1.807, 2.05) is 27.7 Å². The van der Waals surface area contributed by atoms with Gasteiger partial charge in [0.05, 0.1) is 12.1 Å². The van der Waals surface area contributed by atoms with Gasteiger partial charge in [-0.15, -0.1) is 0 Å². The third-order valence-corrected chi connectivity index (χ3v) is 8.82. The number of phenolic OH excluding ortho intramolecular Hbond substituents is 1. The highest BCUT2D eigenvalue weighted by atomic mass is 16.3. The Hall–Kier alpha value is -4.73. The second-order valence-electron chi connectivity index (χ2n) is 14.9. The van der Waals surface area contributed by atoms with Crippen molar-refractivity contribution >= 4 is 41.8 Å². The van der Waals surface area contributed by atoms with Crippen LogP contribution in [0.5, 0.6) is 5.75 Å². The number of carbonyl (C=O) groups is 6. The maximum atomic E-state index is 14.0. The molecule has 1 heterocycles. The molecule has 2 rings (SSSR count). The van der Waals surface area contributed by atoms with E-state index in [2.05, 4.69) is 36.9 Å². The zero-order valence-electron chi connectivity index (χ0n) is 31.9. The molecule has 1 aliphatic rings. The highest BCUT2D eigenvalue weighted by Gasteiger charge is 2.33. The van der Waals surface area contributed by atoms with Crippen LogP contribution in [0.25, 0.3) is 0 Å². The van der Waals surface area contributed by atoms with E-state index in [0.29, 0.717) is 31.2 Å². The molecule has 53 heavy (non-hydrogen) atoms. The van der Waals surface area contributed by atoms with Gasteiger partial charge in [0.2, 0.25) is 29.5 Å². The summed E-state index contributed by atoms with van der Waals surface area (Å²) in [5.41, 5.74) is 11.5. The summed E-state index contributed by atoms with van der Waals surface area (Å²) >= 11 is 0. The molecule has 1 fully saturated rings. The molecule has 0 spiro atoms. The lowest BCUT2D eigenvalue weighted by Crippen LogP contribution is -2.60. The van der Waals surface area contributed by atoms with Crippen molar-refractivity contribution in [2.75, 3.05) is 13.1 Å². The Morgan fingerprint density at radius 2 is 1.34 bits per heavy atom. The minimum atomic E-state index is -1.20. The average molecular weight is 744 g/mol. The Kier molecular flexibility index (Phi) is 18.7. The lowest BCUT2D eigenvalue weighted by atomic mass is 9.98. The van der Waals surface area contributed by atoms with Crippen molar-refractivity contribution in [2.24, 2.45) is 34.2 Å². The first kappa shape index (κ1) is 44.4. The molecule has 16 nitrogen and oxygen atoms in total. The fraction of sp³-hybridized carbons (Fsp3) is 0.649. The van der Waals surface area contributed by atoms with Crippen LogP contribution in [0, 0.1) is 17.8 Å². The van der Waals surface area contributed by atoms with Crippen LogP contribution in [0.2, 0.25) is 0 Å². The van der Waals surface area contributed by atoms with Gasteiger partial charge >= 0.3 is 0 Å². The number of rotatable bonds is 22. The van der Waals surface area contributed by atoms with Crippen molar-refractivity contribution < 1.29 is 33.9 Å². The van der Waals surface area contributed by atoms with Gasteiger partial charge in [-0.3, -0.25) is 29.0 Å². The third-order valence-electron chi connectivity index (χ3n) is 8.82. The highest BCUT2D eigenvalue weighted by Crippen LogP contribution is 2.14. The first-order chi connectivity index (χ1) is 25.0. The summed E-state index contributed by atoms with van der Waals surface area (Å²) in [6.45, 7) is 12.1. The van der Waals surface area contributed by atoms with Gasteiger partial charge in [0.25, 0.3) is 0 Å². The maximum Gasteiger partial charge on any atom is 0.243 e. The minimum Gasteiger partial charge on any atom is -0.508 e. The lowest BCUT2D eigenvalue weighted by molar-refractivity contribution is -0.135. The molecular weight excluding hydrogens is 682 g/mol. The fourth-order valence-electron chi connectivity index (χ4n) is 5.88. The second-order valence-corrected chi connectivity index (χ2v) is 14.9. The Balaban J connectivity index is 2.36. The van der Waals surface area contributed by atoms with E-state index in [4.69, 9.17) is 11.5 Å². The monoisotopic (exact) mass is 743 g/mol. The van der Waals surface area contributed by atoms with Gasteiger partial charge in [-0.2, -0.15) is 0 Å². The van der Waals surface area contributed by atoms with Gasteiger partial charge in [0, 0.05) is 13.0 Å². The fourth-order valence-corrected chi connectivity index (χ4v) is 5.88. The van der Waals surface area contributed by atoms with Gasteiger partial charge in [0.1, 0.15) is 36.2 Å². The van der Waals surface area contributed by atoms with E-state index in [0.717, 1.165) is 6.42 Å². The number of hydrogen-bond acceptors (Lipinski definition) is 9. The molecule has 1 saturated heterocycles. The smallest absolute Gasteiger partial charge is 0.243 e. The number of nitrogens with zero attached hydrogens (tertiary/aromatic N) is 1. The molecule has 0 bridgehead atoms. The topological polar surface area (TPSA) is 259 Å². The van der Waals surface area contributed by atoms with Gasteiger partial charge in [-0.25, -0.2) is 0 Å². The molecule has 1 aromatic carbocycles. The van der Waals surface area contributed by atoms with E-state index >= 15 is 0 Å². The number of amides is 5. The summed E-state index contributed by atoms with van der Waals surface area (Å²) in [5.74, 6) is -3.04. The van der Waals surface area contributed by atoms with Crippen molar-refractivity contribution in [1.29, 1.82) is 0 Å². The number of benzene rings is 1. The summed E-state index contributed by atoms with van der Waals surface area (Å²) in [4.78, 5) is 83.7. The molecule has 0 aromatic heterocycles. The number of aldehydes is 1. The first-order valence-corrected chi connectivity index (χ1v) is 18.5. The minimum absolute atomic E-state index is 0.00294. The number of carbonyl (C=O) groups excluding carboxylic acids is 6. The zero-order chi connectivity index (χ0) is 39.7. The number of hydrogen-bond donors (Lipinski definition) is 9. The normalized spacial score (nSPS) is 16.9. The number of phenols is 1. The van der Waals surface area contributed by atoms with Crippen LogP contribution in [0.1, 0.15) is 85.6 Å². The largest absolute Gasteiger partial charge is 0.508 e. The molecular formula is C37H61N9O7. The second kappa shape index (κ2) is 22.4. The van der Waals surface area contributed by atoms with Gasteiger partial charge in [0.15, 0.2) is 5.96 Å². The number of nitrogens with two attached hydrogens (primary N) is 2. The van der Waals surface area contributed by atoms with Gasteiger partial charge in [-0.1, -0.05) is 53.7 Å². The van der Waals surface area contributed by atoms with Crippen molar-refractivity contribution in [3.63, 3.8) is 0 Å². The van der Waals surface area contributed by atoms with Crippen LogP contribution in [0.15, 0.2) is 29.3 Å². The van der Waals surface area contributed by atoms with Gasteiger partial charge in [-0.05, 0) is 80.5 Å². The predicted octanol–water partition coefficient (Wildman–Crippen LogP) is 0.111. The molecule has 0 aliphatic carbocycles. The van der Waals surface area contributed by atoms with Gasteiger partial charge < -0.3 is 53.3 Å². The molecule has 1 aliphatic heterocycles. The molecule has 0 radical (unpaired) electrons. The summed E-state index contributed by atoms with van der Waals surface area (Å²) in [6.07, 6.45) is 3.16. The van der Waals surface area contributed by atoms with Crippen molar-refractivity contribution in [3.05, 3.63) is 29.8 Å². The van der Waals surface area contributed by atoms with Crippen molar-refractivity contribution in [3.8, 4) is 5.75 Å². The Labute approximate surface area is 312 Å². The highest BCUT2D eigenvalue weighted by molar-refractivity contribution is 5.96. The third kappa shape index (κ3) is 16.2. The van der Waals surface area contributed by atoms with Crippen LogP contribution >= 0.6 is 0 Å². The summed E-state index contributed by atoms with van der Waals surface area (Å²) < 4.78 is 0. The molecule has 1 aromatic rings. The van der Waals surface area contributed by atoms with Crippen molar-refractivity contribution in [1.82, 2.24) is 31.9 Å². The van der Waals surface area contributed by atoms with E-state index in [1.54, 1.807) is 26.0 Å². The predicted molar refractivity (Wildman–Crippen MR) is 202 cm³/mol. The van der Waals surface area contributed by atoms with Crippen molar-refractivity contribution in [2.45, 2.75) is 123 Å². The summed E-state index contributed by atoms with van der Waals surface area (Å²) in [6, 6.07) is 0.656. The molecule has 5 amide bonds. The van der Waals surface area contributed by atoms with E-state index in [9.17, 15) is 33.9 Å². The van der Waals surface area contributed by atoms with Crippen LogP contribution in [0.4, 0.5) is 0 Å². The molecule has 16 heteroatoms. The first-order valence-electron chi connectivity index (χ1n) is 18.5. The molecule has 0 saturated carbocycles. The van der Waals surface area contributed by atoms with Crippen LogP contribution < -0.4 is 43.4 Å². The Morgan fingerprint density at radius 3 is 1.83 bits per heavy atom. The number of aliphatic imine (C=N–C) groups is 1. The quantitative estimate of drug-likeness (QED) is 0.0335. The molecule has 11 N–H and O–H groups in total. The summed E-state index contributed by atoms with van der Waals surface area (Å²) in [7, 11) is 0. The standard InChI is InChI=1S/C37H61N9O7/c1-21(2)17-28(43-33(50)27(10-8-16-41-37(38)39)42-32(49)26-9-7-15-40-26)34(51)45-30(19-24-11-13-25(48)14-12-24)36(53)44-29(18-22(3)4)35(52)46-31(20-47)23(5)6/h11-14,20-23,26-31,40,48H,7-10,15-19H2,1-6H3,(H,42,49)(H,43,50)(H,44,53)(H,45,51)(H,46,52)(H4,38,39,41)/t26-,27-,28-,29-,30-,31+/m0/s1. The van der Waals surface area contributed by atoms with Crippen LogP contribution in [-0.4, -0.2) is 96.2 Å². The average Bonchev–Trinajstić information content (AvgIpc) is 3.63. The number of aromatic hydroxyl groups is 1. The molecule has 296 valence electrons. The van der Waals surface area contributed by atoms with Crippen LogP contribution in [-0.2, 0) is 35.2 Å². The Bertz CT molecular complexity index is 1390. The summed E-state index contributed by atoms with van der Waals surface area (Å²) in [5, 5.41) is 26.8. The number of guanidine groups is 1. The van der Waals surface area contributed by atoms with E-state index in [-0.39, 0.29) is 67.6 Å². The maximum absolute atomic E-state index is 14.0. The van der Waals surface area contributed by atoms with E-state index < -0.39 is 59.9 Å². The molecule has 6 atom stereocenters. The number of nitrogens with one attached hydrogen (secondary N) is 6. The Morgan fingerprint density at radius 1 is 0.811 bits per heavy atom. The SMILES string of the molecule is CC(C)C[C@H](NC(=O)[C@H](CCCN=C(N)N)NC(=O)[C@@H]1CCCN1)C(=O)N[C@@H](Cc1ccc(O)cc1)C(=O)N[C@@H](CC(C)C)C(=O)N[C@H](C=O)C(C)C. The zero-order valence-corrected chi connectivity index (χ0v) is 31.9. The van der Waals surface area contributed by atoms with E-state index in [1.165, 1.54) is 12.1 Å². The van der Waals surface area contributed by atoms with Crippen LogP contribution in [0.3, 0.4) is 0 Å².